The van der Waals surface area contributed by atoms with Crippen molar-refractivity contribution in [2.24, 2.45) is 5.41 Å². The predicted octanol–water partition coefficient (Wildman–Crippen LogP) is 4.83. The standard InChI is InChI=1S/C24H25NOP/c1-24(2,3)22-17-26-23(25-22)20-15-10-16-21(20)27(18-11-6-4-7-12-18)19-13-8-5-9-14-19/h4-16,22H,17H2,1-3H3/t22-/m1/s1. The van der Waals surface area contributed by atoms with E-state index in [0.717, 1.165) is 11.5 Å². The Balaban J connectivity index is 1.74. The summed E-state index contributed by atoms with van der Waals surface area (Å²) < 4.78 is 6.06. The van der Waals surface area contributed by atoms with Gasteiger partial charge in [-0.15, -0.1) is 0 Å². The molecule has 1 saturated heterocycles. The Hall–Kier alpha value is -2.31. The molecule has 0 unspecified atom stereocenters. The Morgan fingerprint density at radius 3 is 2.04 bits per heavy atom. The Labute approximate surface area is 163 Å². The van der Waals surface area contributed by atoms with Gasteiger partial charge in [0.25, 0.3) is 0 Å². The lowest BCUT2D eigenvalue weighted by molar-refractivity contribution is 0.214. The first kappa shape index (κ1) is 18.1. The SMILES string of the molecule is CC(C)(C)[C@H]1COC(=C2C=CC=C2P(c2ccccc2)c2ccccc2)[N]1. The van der Waals surface area contributed by atoms with E-state index in [1.54, 1.807) is 0 Å². The highest BCUT2D eigenvalue weighted by Crippen LogP contribution is 2.50. The fraction of sp³-hybridized carbons (Fsp3) is 0.250. The van der Waals surface area contributed by atoms with Gasteiger partial charge in [0.05, 0.1) is 6.04 Å². The van der Waals surface area contributed by atoms with Crippen molar-refractivity contribution in [2.45, 2.75) is 26.8 Å². The Morgan fingerprint density at radius 1 is 0.926 bits per heavy atom. The second-order valence-corrected chi connectivity index (χ2v) is 10.1. The summed E-state index contributed by atoms with van der Waals surface area (Å²) in [6, 6.07) is 21.7. The van der Waals surface area contributed by atoms with E-state index >= 15 is 0 Å². The van der Waals surface area contributed by atoms with E-state index in [2.05, 4.69) is 99.7 Å². The molecule has 1 heterocycles. The molecule has 27 heavy (non-hydrogen) atoms. The van der Waals surface area contributed by atoms with Crippen LogP contribution in [0.15, 0.2) is 95.7 Å². The highest BCUT2D eigenvalue weighted by molar-refractivity contribution is 7.77. The van der Waals surface area contributed by atoms with Crippen molar-refractivity contribution in [3.8, 4) is 0 Å². The van der Waals surface area contributed by atoms with Crippen molar-refractivity contribution >= 4 is 18.5 Å². The minimum Gasteiger partial charge on any atom is -0.475 e. The molecule has 0 N–H and O–H groups in total. The van der Waals surface area contributed by atoms with Crippen LogP contribution in [0.5, 0.6) is 0 Å². The van der Waals surface area contributed by atoms with Crippen LogP contribution in [0.1, 0.15) is 20.8 Å². The summed E-state index contributed by atoms with van der Waals surface area (Å²) in [6.07, 6.45) is 6.51. The summed E-state index contributed by atoms with van der Waals surface area (Å²) in [5, 5.41) is 8.94. The maximum atomic E-state index is 6.06. The van der Waals surface area contributed by atoms with Gasteiger partial charge in [-0.05, 0) is 35.3 Å². The zero-order valence-electron chi connectivity index (χ0n) is 16.1. The molecular weight excluding hydrogens is 349 g/mol. The van der Waals surface area contributed by atoms with Crippen LogP contribution in [0.2, 0.25) is 0 Å². The zero-order valence-corrected chi connectivity index (χ0v) is 17.0. The van der Waals surface area contributed by atoms with E-state index in [9.17, 15) is 0 Å². The van der Waals surface area contributed by atoms with Crippen molar-refractivity contribution in [3.05, 3.63) is 95.7 Å². The van der Waals surface area contributed by atoms with Gasteiger partial charge in [-0.1, -0.05) is 93.6 Å². The minimum absolute atomic E-state index is 0.109. The van der Waals surface area contributed by atoms with Gasteiger partial charge in [0, 0.05) is 5.57 Å². The van der Waals surface area contributed by atoms with Crippen molar-refractivity contribution in [1.29, 1.82) is 0 Å². The molecule has 2 aliphatic rings. The summed E-state index contributed by atoms with van der Waals surface area (Å²) in [6.45, 7) is 7.33. The van der Waals surface area contributed by atoms with Gasteiger partial charge < -0.3 is 4.74 Å². The molecule has 2 aromatic carbocycles. The quantitative estimate of drug-likeness (QED) is 0.706. The summed E-state index contributed by atoms with van der Waals surface area (Å²) in [5.41, 5.74) is 1.25. The molecule has 2 aromatic rings. The molecule has 4 rings (SSSR count). The third kappa shape index (κ3) is 3.73. The van der Waals surface area contributed by atoms with E-state index in [-0.39, 0.29) is 11.5 Å². The monoisotopic (exact) mass is 374 g/mol. The lowest BCUT2D eigenvalue weighted by Gasteiger charge is -2.23. The fourth-order valence-electron chi connectivity index (χ4n) is 3.33. The molecule has 0 saturated carbocycles. The summed E-state index contributed by atoms with van der Waals surface area (Å²) in [5.74, 6) is 0.800. The molecule has 137 valence electrons. The van der Waals surface area contributed by atoms with Crippen LogP contribution >= 0.6 is 7.92 Å². The van der Waals surface area contributed by atoms with E-state index in [1.165, 1.54) is 15.9 Å². The van der Waals surface area contributed by atoms with Crippen LogP contribution in [-0.2, 0) is 4.74 Å². The molecule has 1 atom stereocenters. The van der Waals surface area contributed by atoms with Crippen LogP contribution < -0.4 is 15.9 Å². The molecule has 1 fully saturated rings. The highest BCUT2D eigenvalue weighted by Gasteiger charge is 2.35. The second kappa shape index (κ2) is 7.37. The van der Waals surface area contributed by atoms with Gasteiger partial charge in [0.2, 0.25) is 5.88 Å². The van der Waals surface area contributed by atoms with Gasteiger partial charge in [0.15, 0.2) is 0 Å². The number of hydrogen-bond acceptors (Lipinski definition) is 1. The number of benzene rings is 2. The van der Waals surface area contributed by atoms with Crippen LogP contribution in [0, 0.1) is 5.41 Å². The molecule has 1 radical (unpaired) electrons. The molecule has 3 heteroatoms. The predicted molar refractivity (Wildman–Crippen MR) is 115 cm³/mol. The second-order valence-electron chi connectivity index (χ2n) is 7.96. The molecule has 0 amide bonds. The zero-order chi connectivity index (χ0) is 18.9. The molecular formula is C24H25NOP. The topological polar surface area (TPSA) is 23.3 Å². The molecule has 0 spiro atoms. The first-order chi connectivity index (χ1) is 13.0. The third-order valence-electron chi connectivity index (χ3n) is 4.94. The van der Waals surface area contributed by atoms with Crippen LogP contribution in [0.3, 0.4) is 0 Å². The minimum atomic E-state index is -0.649. The van der Waals surface area contributed by atoms with Crippen molar-refractivity contribution in [3.63, 3.8) is 0 Å². The van der Waals surface area contributed by atoms with E-state index in [4.69, 9.17) is 10.1 Å². The molecule has 1 aliphatic heterocycles. The maximum Gasteiger partial charge on any atom is 0.217 e. The average molecular weight is 374 g/mol. The Bertz CT molecular complexity index is 851. The van der Waals surface area contributed by atoms with E-state index in [1.807, 2.05) is 0 Å². The number of hydrogen-bond donors (Lipinski definition) is 0. The van der Waals surface area contributed by atoms with Gasteiger partial charge in [0.1, 0.15) is 6.61 Å². The average Bonchev–Trinajstić information content (AvgIpc) is 3.33. The molecule has 0 aromatic heterocycles. The van der Waals surface area contributed by atoms with Crippen molar-refractivity contribution in [1.82, 2.24) is 5.32 Å². The molecule has 2 nitrogen and oxygen atoms in total. The number of ether oxygens (including phenoxy) is 1. The van der Waals surface area contributed by atoms with Gasteiger partial charge in [-0.3, -0.25) is 0 Å². The number of nitrogens with zero attached hydrogens (tertiary/aromatic N) is 1. The smallest absolute Gasteiger partial charge is 0.217 e. The van der Waals surface area contributed by atoms with Crippen molar-refractivity contribution < 1.29 is 4.74 Å². The van der Waals surface area contributed by atoms with Crippen molar-refractivity contribution in [2.75, 3.05) is 6.61 Å². The van der Waals surface area contributed by atoms with Crippen LogP contribution in [-0.4, -0.2) is 12.6 Å². The summed E-state index contributed by atoms with van der Waals surface area (Å²) >= 11 is 0. The van der Waals surface area contributed by atoms with Crippen LogP contribution in [0.25, 0.3) is 0 Å². The molecule has 1 aliphatic carbocycles. The maximum absolute atomic E-state index is 6.06. The lowest BCUT2D eigenvalue weighted by Crippen LogP contribution is -2.32. The summed E-state index contributed by atoms with van der Waals surface area (Å²) in [7, 11) is -0.649. The molecule has 0 bridgehead atoms. The first-order valence-electron chi connectivity index (χ1n) is 9.41. The first-order valence-corrected chi connectivity index (χ1v) is 10.7. The van der Waals surface area contributed by atoms with E-state index < -0.39 is 7.92 Å². The van der Waals surface area contributed by atoms with Crippen LogP contribution in [0.4, 0.5) is 0 Å². The van der Waals surface area contributed by atoms with Gasteiger partial charge in [-0.25, -0.2) is 5.32 Å². The van der Waals surface area contributed by atoms with E-state index in [0.29, 0.717) is 6.61 Å². The summed E-state index contributed by atoms with van der Waals surface area (Å²) in [4.78, 5) is 0. The number of allylic oxidation sites excluding steroid dienone is 5. The highest BCUT2D eigenvalue weighted by atomic mass is 31.1. The van der Waals surface area contributed by atoms with Gasteiger partial charge in [-0.2, -0.15) is 0 Å². The fourth-order valence-corrected chi connectivity index (χ4v) is 5.77. The Morgan fingerprint density at radius 2 is 1.52 bits per heavy atom. The Kier molecular flexibility index (Phi) is 4.93. The van der Waals surface area contributed by atoms with Gasteiger partial charge >= 0.3 is 0 Å². The number of rotatable bonds is 3. The lowest BCUT2D eigenvalue weighted by atomic mass is 9.88. The largest absolute Gasteiger partial charge is 0.475 e. The third-order valence-corrected chi connectivity index (χ3v) is 7.44. The normalized spacial score (nSPS) is 21.9.